The first-order valence-electron chi connectivity index (χ1n) is 6.82. The minimum atomic E-state index is 0.171. The number of aryl methyl sites for hydroxylation is 1. The molecule has 5 heteroatoms. The predicted octanol–water partition coefficient (Wildman–Crippen LogP) is 0.0651. The van der Waals surface area contributed by atoms with Crippen molar-refractivity contribution in [1.29, 1.82) is 0 Å². The van der Waals surface area contributed by atoms with Gasteiger partial charge >= 0.3 is 0 Å². The van der Waals surface area contributed by atoms with Crippen molar-refractivity contribution in [2.24, 2.45) is 5.73 Å². The highest BCUT2D eigenvalue weighted by Gasteiger charge is 2.30. The lowest BCUT2D eigenvalue weighted by Gasteiger charge is -2.26. The van der Waals surface area contributed by atoms with Crippen LogP contribution in [0, 0.1) is 6.92 Å². The van der Waals surface area contributed by atoms with Crippen LogP contribution < -0.4 is 21.7 Å². The third kappa shape index (κ3) is 3.18. The molecule has 5 nitrogen and oxygen atoms in total. The molecule has 1 fully saturated rings. The molecule has 0 radical (unpaired) electrons. The molecule has 0 bridgehead atoms. The molecule has 19 heavy (non-hydrogen) atoms. The van der Waals surface area contributed by atoms with Crippen LogP contribution in [0.25, 0.3) is 0 Å². The molecule has 1 aliphatic rings. The number of aliphatic hydroxyl groups is 1. The molecule has 2 unspecified atom stereocenters. The molecule has 2 atom stereocenters. The van der Waals surface area contributed by atoms with Gasteiger partial charge in [-0.05, 0) is 37.1 Å². The Balaban J connectivity index is 2.11. The van der Waals surface area contributed by atoms with Crippen molar-refractivity contribution in [3.8, 4) is 0 Å². The minimum Gasteiger partial charge on any atom is -0.399 e. The van der Waals surface area contributed by atoms with Gasteiger partial charge in [0.15, 0.2) is 0 Å². The van der Waals surface area contributed by atoms with Gasteiger partial charge in [-0.2, -0.15) is 0 Å². The Morgan fingerprint density at radius 3 is 2.89 bits per heavy atom. The first kappa shape index (κ1) is 14.1. The monoisotopic (exact) mass is 264 g/mol. The van der Waals surface area contributed by atoms with Gasteiger partial charge in [0.2, 0.25) is 0 Å². The summed E-state index contributed by atoms with van der Waals surface area (Å²) in [6, 6.07) is 6.86. The molecular weight excluding hydrogens is 240 g/mol. The SMILES string of the molecule is Cc1cc(N2CC(NCCO)CC2CN)ccc1N. The van der Waals surface area contributed by atoms with Gasteiger partial charge in [-0.25, -0.2) is 0 Å². The first-order chi connectivity index (χ1) is 9.15. The molecule has 1 aromatic rings. The highest BCUT2D eigenvalue weighted by atomic mass is 16.3. The van der Waals surface area contributed by atoms with Crippen LogP contribution in [0.3, 0.4) is 0 Å². The van der Waals surface area contributed by atoms with Gasteiger partial charge in [0.05, 0.1) is 6.61 Å². The van der Waals surface area contributed by atoms with Crippen LogP contribution in [0.1, 0.15) is 12.0 Å². The molecule has 0 spiro atoms. The predicted molar refractivity (Wildman–Crippen MR) is 79.3 cm³/mol. The number of benzene rings is 1. The highest BCUT2D eigenvalue weighted by Crippen LogP contribution is 2.27. The van der Waals surface area contributed by atoms with Gasteiger partial charge in [0.25, 0.3) is 0 Å². The number of nitrogens with zero attached hydrogens (tertiary/aromatic N) is 1. The summed E-state index contributed by atoms with van der Waals surface area (Å²) in [5, 5.41) is 12.2. The lowest BCUT2D eigenvalue weighted by molar-refractivity contribution is 0.285. The van der Waals surface area contributed by atoms with Crippen LogP contribution >= 0.6 is 0 Å². The largest absolute Gasteiger partial charge is 0.399 e. The molecule has 1 aliphatic heterocycles. The lowest BCUT2D eigenvalue weighted by atomic mass is 10.1. The topological polar surface area (TPSA) is 87.5 Å². The summed E-state index contributed by atoms with van der Waals surface area (Å²) in [5.74, 6) is 0. The van der Waals surface area contributed by atoms with E-state index in [1.807, 2.05) is 13.0 Å². The lowest BCUT2D eigenvalue weighted by Crippen LogP contribution is -2.36. The quantitative estimate of drug-likeness (QED) is 0.565. The van der Waals surface area contributed by atoms with E-state index in [0.717, 1.165) is 24.2 Å². The zero-order valence-corrected chi connectivity index (χ0v) is 11.5. The standard InChI is InChI=1S/C14H24N4O/c1-10-6-12(2-3-14(10)16)18-9-11(17-4-5-19)7-13(18)8-15/h2-3,6,11,13,17,19H,4-5,7-9,15-16H2,1H3. The fraction of sp³-hybridized carbons (Fsp3) is 0.571. The van der Waals surface area contributed by atoms with Crippen LogP contribution in [0.5, 0.6) is 0 Å². The maximum atomic E-state index is 8.88. The van der Waals surface area contributed by atoms with E-state index in [4.69, 9.17) is 16.6 Å². The van der Waals surface area contributed by atoms with Gasteiger partial charge in [-0.3, -0.25) is 0 Å². The maximum absolute atomic E-state index is 8.88. The summed E-state index contributed by atoms with van der Waals surface area (Å²) < 4.78 is 0. The number of hydrogen-bond acceptors (Lipinski definition) is 5. The van der Waals surface area contributed by atoms with E-state index in [1.54, 1.807) is 0 Å². The Labute approximate surface area is 114 Å². The first-order valence-corrected chi connectivity index (χ1v) is 6.82. The number of hydrogen-bond donors (Lipinski definition) is 4. The number of rotatable bonds is 5. The molecule has 0 saturated carbocycles. The number of nitrogens with one attached hydrogen (secondary N) is 1. The number of anilines is 2. The summed E-state index contributed by atoms with van der Waals surface area (Å²) in [6.45, 7) is 4.39. The zero-order chi connectivity index (χ0) is 13.8. The molecule has 1 heterocycles. The normalized spacial score (nSPS) is 23.0. The Kier molecular flexibility index (Phi) is 4.63. The van der Waals surface area contributed by atoms with Gasteiger partial charge in [-0.1, -0.05) is 0 Å². The molecule has 6 N–H and O–H groups in total. The van der Waals surface area contributed by atoms with Crippen LogP contribution in [0.4, 0.5) is 11.4 Å². The number of nitrogens with two attached hydrogens (primary N) is 2. The summed E-state index contributed by atoms with van der Waals surface area (Å²) in [5.41, 5.74) is 14.8. The molecule has 0 amide bonds. The van der Waals surface area contributed by atoms with E-state index >= 15 is 0 Å². The molecule has 1 saturated heterocycles. The third-order valence-corrected chi connectivity index (χ3v) is 3.82. The molecule has 106 valence electrons. The van der Waals surface area contributed by atoms with Gasteiger partial charge in [0.1, 0.15) is 0 Å². The second-order valence-electron chi connectivity index (χ2n) is 5.19. The van der Waals surface area contributed by atoms with E-state index < -0.39 is 0 Å². The Bertz CT molecular complexity index is 424. The average molecular weight is 264 g/mol. The second kappa shape index (κ2) is 6.23. The fourth-order valence-electron chi connectivity index (χ4n) is 2.71. The summed E-state index contributed by atoms with van der Waals surface area (Å²) >= 11 is 0. The molecule has 2 rings (SSSR count). The highest BCUT2D eigenvalue weighted by molar-refractivity contribution is 5.59. The van der Waals surface area contributed by atoms with Crippen LogP contribution in [-0.4, -0.2) is 43.4 Å². The van der Waals surface area contributed by atoms with Crippen molar-refractivity contribution in [1.82, 2.24) is 5.32 Å². The third-order valence-electron chi connectivity index (χ3n) is 3.82. The van der Waals surface area contributed by atoms with Crippen molar-refractivity contribution in [2.75, 3.05) is 36.9 Å². The second-order valence-corrected chi connectivity index (χ2v) is 5.19. The van der Waals surface area contributed by atoms with Gasteiger partial charge < -0.3 is 26.8 Å². The van der Waals surface area contributed by atoms with Crippen LogP contribution in [0.15, 0.2) is 18.2 Å². The molecule has 0 aliphatic carbocycles. The van der Waals surface area contributed by atoms with E-state index in [-0.39, 0.29) is 6.61 Å². The molecule has 1 aromatic carbocycles. The summed E-state index contributed by atoms with van der Waals surface area (Å²) in [7, 11) is 0. The Morgan fingerprint density at radius 1 is 1.47 bits per heavy atom. The van der Waals surface area contributed by atoms with Gasteiger partial charge in [-0.15, -0.1) is 0 Å². The van der Waals surface area contributed by atoms with Crippen molar-refractivity contribution < 1.29 is 5.11 Å². The maximum Gasteiger partial charge on any atom is 0.0556 e. The van der Waals surface area contributed by atoms with E-state index in [2.05, 4.69) is 22.3 Å². The number of aliphatic hydroxyl groups excluding tert-OH is 1. The average Bonchev–Trinajstić information content (AvgIpc) is 2.83. The van der Waals surface area contributed by atoms with Crippen LogP contribution in [-0.2, 0) is 0 Å². The van der Waals surface area contributed by atoms with E-state index in [9.17, 15) is 0 Å². The van der Waals surface area contributed by atoms with E-state index in [1.165, 1.54) is 5.69 Å². The van der Waals surface area contributed by atoms with Crippen molar-refractivity contribution >= 4 is 11.4 Å². The van der Waals surface area contributed by atoms with Crippen LogP contribution in [0.2, 0.25) is 0 Å². The smallest absolute Gasteiger partial charge is 0.0556 e. The summed E-state index contributed by atoms with van der Waals surface area (Å²) in [4.78, 5) is 2.33. The summed E-state index contributed by atoms with van der Waals surface area (Å²) in [6.07, 6.45) is 1.01. The van der Waals surface area contributed by atoms with Crippen molar-refractivity contribution in [2.45, 2.75) is 25.4 Å². The number of nitrogen functional groups attached to an aromatic ring is 1. The van der Waals surface area contributed by atoms with Crippen molar-refractivity contribution in [3.05, 3.63) is 23.8 Å². The Hall–Kier alpha value is -1.30. The zero-order valence-electron chi connectivity index (χ0n) is 11.5. The van der Waals surface area contributed by atoms with E-state index in [0.29, 0.717) is 25.2 Å². The minimum absolute atomic E-state index is 0.171. The Morgan fingerprint density at radius 2 is 2.26 bits per heavy atom. The van der Waals surface area contributed by atoms with Crippen molar-refractivity contribution in [3.63, 3.8) is 0 Å². The van der Waals surface area contributed by atoms with Gasteiger partial charge in [0, 0.05) is 43.1 Å². The molecular formula is C14H24N4O. The molecule has 0 aromatic heterocycles. The fourth-order valence-corrected chi connectivity index (χ4v) is 2.71.